The van der Waals surface area contributed by atoms with E-state index in [1.165, 1.54) is 37.1 Å². The fraction of sp³-hybridized carbons (Fsp3) is 0.350. The number of ether oxygens (including phenoxy) is 1. The van der Waals surface area contributed by atoms with Gasteiger partial charge >= 0.3 is 0 Å². The van der Waals surface area contributed by atoms with Gasteiger partial charge in [-0.25, -0.2) is 0 Å². The first kappa shape index (κ1) is 17.9. The second-order valence-corrected chi connectivity index (χ2v) is 6.54. The van der Waals surface area contributed by atoms with Crippen LogP contribution in [-0.2, 0) is 4.79 Å². The first-order valence-corrected chi connectivity index (χ1v) is 8.85. The molecule has 1 fully saturated rings. The predicted octanol–water partition coefficient (Wildman–Crippen LogP) is 4.02. The summed E-state index contributed by atoms with van der Waals surface area (Å²) in [5, 5.41) is 13.8. The third-order valence-electron chi connectivity index (χ3n) is 4.76. The number of hydrogen-bond acceptors (Lipinski definition) is 4. The van der Waals surface area contributed by atoms with Gasteiger partial charge in [-0.3, -0.25) is 14.9 Å². The fourth-order valence-corrected chi connectivity index (χ4v) is 3.45. The Hall–Kier alpha value is -2.89. The van der Waals surface area contributed by atoms with E-state index in [0.717, 1.165) is 18.4 Å². The van der Waals surface area contributed by atoms with E-state index >= 15 is 0 Å². The maximum atomic E-state index is 12.4. The molecule has 2 aromatic rings. The fourth-order valence-electron chi connectivity index (χ4n) is 3.45. The van der Waals surface area contributed by atoms with Crippen LogP contribution in [0.5, 0.6) is 5.75 Å². The van der Waals surface area contributed by atoms with Crippen molar-refractivity contribution in [1.82, 2.24) is 5.32 Å². The van der Waals surface area contributed by atoms with Crippen molar-refractivity contribution in [1.29, 1.82) is 0 Å². The Balaban J connectivity index is 1.60. The molecule has 136 valence electrons. The van der Waals surface area contributed by atoms with E-state index in [0.29, 0.717) is 11.7 Å². The minimum absolute atomic E-state index is 0.00724. The number of carbonyl (C=O) groups is 1. The van der Waals surface area contributed by atoms with Gasteiger partial charge in [0, 0.05) is 12.1 Å². The average molecular weight is 354 g/mol. The highest BCUT2D eigenvalue weighted by Crippen LogP contribution is 2.35. The second kappa shape index (κ2) is 8.47. The first-order chi connectivity index (χ1) is 12.6. The number of nitro groups is 1. The molecule has 0 aliphatic heterocycles. The number of nitrogens with zero attached hydrogens (tertiary/aromatic N) is 1. The highest BCUT2D eigenvalue weighted by molar-refractivity contribution is 5.78. The van der Waals surface area contributed by atoms with E-state index in [-0.39, 0.29) is 24.2 Å². The number of amides is 1. The number of rotatable bonds is 7. The average Bonchev–Trinajstić information content (AvgIpc) is 3.20. The molecule has 1 atom stereocenters. The second-order valence-electron chi connectivity index (χ2n) is 6.54. The van der Waals surface area contributed by atoms with Crippen molar-refractivity contribution in [2.24, 2.45) is 5.92 Å². The number of carbonyl (C=O) groups excluding carboxylic acids is 1. The van der Waals surface area contributed by atoms with Crippen LogP contribution in [0.3, 0.4) is 0 Å². The predicted molar refractivity (Wildman–Crippen MR) is 97.9 cm³/mol. The zero-order chi connectivity index (χ0) is 18.4. The highest BCUT2D eigenvalue weighted by Gasteiger charge is 2.27. The summed E-state index contributed by atoms with van der Waals surface area (Å²) >= 11 is 0. The summed E-state index contributed by atoms with van der Waals surface area (Å²) in [6.07, 6.45) is 4.62. The van der Waals surface area contributed by atoms with Gasteiger partial charge in [0.25, 0.3) is 11.6 Å². The highest BCUT2D eigenvalue weighted by atomic mass is 16.6. The van der Waals surface area contributed by atoms with Crippen LogP contribution in [0, 0.1) is 16.0 Å². The third-order valence-corrected chi connectivity index (χ3v) is 4.76. The maximum absolute atomic E-state index is 12.4. The number of hydrogen-bond donors (Lipinski definition) is 1. The SMILES string of the molecule is O=C(COc1ccc([N+](=O)[O-])cc1)NC(c1ccccc1)C1CCCC1. The molecule has 26 heavy (non-hydrogen) atoms. The van der Waals surface area contributed by atoms with Crippen molar-refractivity contribution in [2.75, 3.05) is 6.61 Å². The molecule has 6 nitrogen and oxygen atoms in total. The Morgan fingerprint density at radius 1 is 1.12 bits per heavy atom. The smallest absolute Gasteiger partial charge is 0.269 e. The first-order valence-electron chi connectivity index (χ1n) is 8.85. The maximum Gasteiger partial charge on any atom is 0.269 e. The largest absolute Gasteiger partial charge is 0.484 e. The molecule has 0 aromatic heterocycles. The lowest BCUT2D eigenvalue weighted by molar-refractivity contribution is -0.384. The lowest BCUT2D eigenvalue weighted by Gasteiger charge is -2.25. The molecular weight excluding hydrogens is 332 g/mol. The minimum Gasteiger partial charge on any atom is -0.484 e. The van der Waals surface area contributed by atoms with Crippen LogP contribution >= 0.6 is 0 Å². The summed E-state index contributed by atoms with van der Waals surface area (Å²) in [4.78, 5) is 22.6. The van der Waals surface area contributed by atoms with Crippen LogP contribution in [0.1, 0.15) is 37.3 Å². The molecule has 0 saturated heterocycles. The molecule has 6 heteroatoms. The van der Waals surface area contributed by atoms with E-state index in [1.54, 1.807) is 0 Å². The molecule has 0 spiro atoms. The van der Waals surface area contributed by atoms with Crippen molar-refractivity contribution < 1.29 is 14.5 Å². The van der Waals surface area contributed by atoms with Crippen LogP contribution < -0.4 is 10.1 Å². The Morgan fingerprint density at radius 2 is 1.77 bits per heavy atom. The van der Waals surface area contributed by atoms with Crippen molar-refractivity contribution in [3.05, 3.63) is 70.3 Å². The van der Waals surface area contributed by atoms with Crippen molar-refractivity contribution in [3.63, 3.8) is 0 Å². The molecular formula is C20H22N2O4. The van der Waals surface area contributed by atoms with Gasteiger partial charge in [-0.1, -0.05) is 43.2 Å². The van der Waals surface area contributed by atoms with Crippen molar-refractivity contribution >= 4 is 11.6 Å². The van der Waals surface area contributed by atoms with Gasteiger partial charge in [0.05, 0.1) is 11.0 Å². The van der Waals surface area contributed by atoms with E-state index in [9.17, 15) is 14.9 Å². The molecule has 0 heterocycles. The van der Waals surface area contributed by atoms with E-state index in [1.807, 2.05) is 30.3 Å². The lowest BCUT2D eigenvalue weighted by atomic mass is 9.91. The normalized spacial score (nSPS) is 15.4. The molecule has 1 aliphatic carbocycles. The lowest BCUT2D eigenvalue weighted by Crippen LogP contribution is -2.35. The third kappa shape index (κ3) is 4.59. The van der Waals surface area contributed by atoms with Gasteiger partial charge in [0.2, 0.25) is 0 Å². The minimum atomic E-state index is -0.470. The number of non-ortho nitro benzene ring substituents is 1. The molecule has 1 aliphatic rings. The zero-order valence-corrected chi connectivity index (χ0v) is 14.5. The molecule has 1 amide bonds. The Labute approximate surface area is 152 Å². The van der Waals surface area contributed by atoms with Crippen LogP contribution in [-0.4, -0.2) is 17.4 Å². The Morgan fingerprint density at radius 3 is 2.38 bits per heavy atom. The van der Waals surface area contributed by atoms with E-state index in [2.05, 4.69) is 5.32 Å². The summed E-state index contributed by atoms with van der Waals surface area (Å²) < 4.78 is 5.47. The number of nitrogens with one attached hydrogen (secondary N) is 1. The monoisotopic (exact) mass is 354 g/mol. The van der Waals surface area contributed by atoms with Gasteiger partial charge in [0.1, 0.15) is 5.75 Å². The van der Waals surface area contributed by atoms with Crippen LogP contribution in [0.15, 0.2) is 54.6 Å². The van der Waals surface area contributed by atoms with E-state index in [4.69, 9.17) is 4.74 Å². The van der Waals surface area contributed by atoms with Crippen LogP contribution in [0.4, 0.5) is 5.69 Å². The van der Waals surface area contributed by atoms with Gasteiger partial charge in [-0.05, 0) is 36.5 Å². The summed E-state index contributed by atoms with van der Waals surface area (Å²) in [5.41, 5.74) is 1.11. The number of benzene rings is 2. The van der Waals surface area contributed by atoms with Gasteiger partial charge in [-0.15, -0.1) is 0 Å². The van der Waals surface area contributed by atoms with Crippen molar-refractivity contribution in [2.45, 2.75) is 31.7 Å². The quantitative estimate of drug-likeness (QED) is 0.601. The summed E-state index contributed by atoms with van der Waals surface area (Å²) in [6, 6.07) is 15.7. The van der Waals surface area contributed by atoms with Gasteiger partial charge in [-0.2, -0.15) is 0 Å². The Bertz CT molecular complexity index is 740. The summed E-state index contributed by atoms with van der Waals surface area (Å²) in [7, 11) is 0. The van der Waals surface area contributed by atoms with Crippen LogP contribution in [0.25, 0.3) is 0 Å². The summed E-state index contributed by atoms with van der Waals surface area (Å²) in [5.74, 6) is 0.688. The summed E-state index contributed by atoms with van der Waals surface area (Å²) in [6.45, 7) is -0.117. The molecule has 2 aromatic carbocycles. The standard InChI is InChI=1S/C20H22N2O4/c23-19(14-26-18-12-10-17(11-13-18)22(24)25)21-20(16-8-4-5-9-16)15-6-2-1-3-7-15/h1-3,6-7,10-13,16,20H,4-5,8-9,14H2,(H,21,23). The number of nitro benzene ring substituents is 1. The molecule has 0 radical (unpaired) electrons. The Kier molecular flexibility index (Phi) is 5.84. The zero-order valence-electron chi connectivity index (χ0n) is 14.5. The molecule has 1 saturated carbocycles. The van der Waals surface area contributed by atoms with Crippen molar-refractivity contribution in [3.8, 4) is 5.75 Å². The molecule has 0 bridgehead atoms. The molecule has 3 rings (SSSR count). The molecule has 1 N–H and O–H groups in total. The topological polar surface area (TPSA) is 81.5 Å². The van der Waals surface area contributed by atoms with Gasteiger partial charge in [0.15, 0.2) is 6.61 Å². The van der Waals surface area contributed by atoms with Gasteiger partial charge < -0.3 is 10.1 Å². The van der Waals surface area contributed by atoms with E-state index < -0.39 is 4.92 Å². The molecule has 1 unspecified atom stereocenters. The van der Waals surface area contributed by atoms with Crippen LogP contribution in [0.2, 0.25) is 0 Å².